The van der Waals surface area contributed by atoms with Crippen molar-refractivity contribution in [2.45, 2.75) is 25.7 Å². The lowest BCUT2D eigenvalue weighted by Gasteiger charge is -2.16. The zero-order valence-corrected chi connectivity index (χ0v) is 17.2. The van der Waals surface area contributed by atoms with Gasteiger partial charge in [-0.3, -0.25) is 9.00 Å². The van der Waals surface area contributed by atoms with Crippen molar-refractivity contribution in [2.75, 3.05) is 11.5 Å². The average molecular weight is 396 g/mol. The van der Waals surface area contributed by atoms with E-state index in [0.717, 1.165) is 21.6 Å². The molecule has 1 atom stereocenters. The monoisotopic (exact) mass is 395 g/mol. The minimum absolute atomic E-state index is 0.156. The summed E-state index contributed by atoms with van der Waals surface area (Å²) in [5, 5.41) is 0. The van der Waals surface area contributed by atoms with Crippen LogP contribution in [0, 0.1) is 6.92 Å². The third-order valence-corrected chi connectivity index (χ3v) is 5.53. The zero-order valence-electron chi connectivity index (χ0n) is 16.4. The molecule has 1 unspecified atom stereocenters. The molecule has 5 nitrogen and oxygen atoms in total. The maximum absolute atomic E-state index is 12.3. The molecule has 0 aliphatic heterocycles. The summed E-state index contributed by atoms with van der Waals surface area (Å²) in [6.45, 7) is 9.43. The van der Waals surface area contributed by atoms with Gasteiger partial charge in [0, 0.05) is 28.0 Å². The third kappa shape index (κ3) is 4.84. The van der Waals surface area contributed by atoms with Gasteiger partial charge in [-0.15, -0.1) is 0 Å². The van der Waals surface area contributed by atoms with Crippen LogP contribution in [0.5, 0.6) is 0 Å². The molecule has 2 rings (SSSR count). The maximum atomic E-state index is 12.3. The van der Waals surface area contributed by atoms with Crippen LogP contribution in [-0.4, -0.2) is 20.9 Å². The van der Waals surface area contributed by atoms with Crippen molar-refractivity contribution in [3.05, 3.63) is 77.5 Å². The number of nitrogens with zero attached hydrogens (tertiary/aromatic N) is 1. The maximum Gasteiger partial charge on any atom is 0.248 e. The molecule has 146 valence electrons. The zero-order chi connectivity index (χ0) is 20.8. The number of allylic oxidation sites excluding steroid dienone is 3. The largest absolute Gasteiger partial charge is 0.383 e. The average Bonchev–Trinajstić information content (AvgIpc) is 2.69. The predicted octanol–water partition coefficient (Wildman–Crippen LogP) is 3.63. The summed E-state index contributed by atoms with van der Waals surface area (Å²) in [6, 6.07) is 9.41. The molecule has 0 saturated heterocycles. The van der Waals surface area contributed by atoms with Gasteiger partial charge in [0.2, 0.25) is 5.91 Å². The Morgan fingerprint density at radius 2 is 2.00 bits per heavy atom. The number of amides is 1. The van der Waals surface area contributed by atoms with Gasteiger partial charge in [-0.05, 0) is 60.4 Å². The number of anilines is 1. The van der Waals surface area contributed by atoms with Crippen LogP contribution in [0.25, 0.3) is 11.1 Å². The first kappa shape index (κ1) is 21.3. The highest BCUT2D eigenvalue weighted by atomic mass is 32.2. The van der Waals surface area contributed by atoms with Crippen molar-refractivity contribution in [3.63, 3.8) is 0 Å². The minimum atomic E-state index is -1.08. The smallest absolute Gasteiger partial charge is 0.248 e. The fraction of sp³-hybridized carbons (Fsp3) is 0.182. The standard InChI is InChI=1S/C22H25N3O2S/c1-5-18(16-8-7-9-17(12-16)28(27)6-2)19(11-15(4)22(24)26)20-10-14(3)13-25-21(20)23/h5,7-13H,4,6H2,1-3H3,(H2,23,25)(H2,24,26)/b18-5-,19-11+. The number of carbonyl (C=O) groups excluding carboxylic acids is 1. The van der Waals surface area contributed by atoms with Crippen molar-refractivity contribution in [1.82, 2.24) is 4.98 Å². The first-order chi connectivity index (χ1) is 13.3. The van der Waals surface area contributed by atoms with Crippen LogP contribution in [0.1, 0.15) is 30.5 Å². The molecular weight excluding hydrogens is 370 g/mol. The highest BCUT2D eigenvalue weighted by Gasteiger charge is 2.16. The summed E-state index contributed by atoms with van der Waals surface area (Å²) in [7, 11) is -1.08. The van der Waals surface area contributed by atoms with Crippen LogP contribution >= 0.6 is 0 Å². The molecule has 1 aromatic carbocycles. The Morgan fingerprint density at radius 3 is 2.61 bits per heavy atom. The van der Waals surface area contributed by atoms with E-state index in [-0.39, 0.29) is 5.57 Å². The van der Waals surface area contributed by atoms with Crippen molar-refractivity contribution in [3.8, 4) is 0 Å². The van der Waals surface area contributed by atoms with Crippen LogP contribution < -0.4 is 11.5 Å². The lowest BCUT2D eigenvalue weighted by atomic mass is 9.90. The van der Waals surface area contributed by atoms with Crippen LogP contribution in [0.15, 0.2) is 65.7 Å². The normalized spacial score (nSPS) is 13.2. The number of rotatable bonds is 7. The Kier molecular flexibility index (Phi) is 7.06. The Bertz CT molecular complexity index is 1010. The Morgan fingerprint density at radius 1 is 1.29 bits per heavy atom. The van der Waals surface area contributed by atoms with Crippen molar-refractivity contribution in [1.29, 1.82) is 0 Å². The van der Waals surface area contributed by atoms with E-state index in [0.29, 0.717) is 22.7 Å². The summed E-state index contributed by atoms with van der Waals surface area (Å²) >= 11 is 0. The number of nitrogen functional groups attached to an aromatic ring is 1. The van der Waals surface area contributed by atoms with Crippen molar-refractivity contribution in [2.24, 2.45) is 5.73 Å². The van der Waals surface area contributed by atoms with Crippen LogP contribution in [0.3, 0.4) is 0 Å². The van der Waals surface area contributed by atoms with E-state index in [2.05, 4.69) is 11.6 Å². The Labute approximate surface area is 168 Å². The van der Waals surface area contributed by atoms with Crippen molar-refractivity contribution < 1.29 is 9.00 Å². The first-order valence-electron chi connectivity index (χ1n) is 8.86. The van der Waals surface area contributed by atoms with E-state index >= 15 is 0 Å². The Hall–Kier alpha value is -2.99. The highest BCUT2D eigenvalue weighted by molar-refractivity contribution is 7.85. The fourth-order valence-corrected chi connectivity index (χ4v) is 3.61. The summed E-state index contributed by atoms with van der Waals surface area (Å²) in [6.07, 6.45) is 5.21. The number of hydrogen-bond acceptors (Lipinski definition) is 4. The second-order valence-corrected chi connectivity index (χ2v) is 8.00. The first-order valence-corrected chi connectivity index (χ1v) is 10.2. The van der Waals surface area contributed by atoms with E-state index in [9.17, 15) is 9.00 Å². The van der Waals surface area contributed by atoms with Gasteiger partial charge in [0.05, 0.1) is 10.8 Å². The summed E-state index contributed by atoms with van der Waals surface area (Å²) in [5.41, 5.74) is 15.7. The number of carbonyl (C=O) groups is 1. The number of pyridine rings is 1. The number of benzene rings is 1. The second-order valence-electron chi connectivity index (χ2n) is 6.26. The molecular formula is C22H25N3O2S. The van der Waals surface area contributed by atoms with Gasteiger partial charge < -0.3 is 11.5 Å². The summed E-state index contributed by atoms with van der Waals surface area (Å²) in [4.78, 5) is 16.6. The molecule has 0 spiro atoms. The molecule has 0 radical (unpaired) electrons. The second kappa shape index (κ2) is 9.28. The summed E-state index contributed by atoms with van der Waals surface area (Å²) in [5.74, 6) is 0.250. The number of nitrogens with two attached hydrogens (primary N) is 2. The van der Waals surface area contributed by atoms with Gasteiger partial charge in [0.25, 0.3) is 0 Å². The van der Waals surface area contributed by atoms with Crippen molar-refractivity contribution >= 4 is 33.7 Å². The number of primary amides is 1. The predicted molar refractivity (Wildman–Crippen MR) is 117 cm³/mol. The van der Waals surface area contributed by atoms with E-state index in [1.54, 1.807) is 12.3 Å². The summed E-state index contributed by atoms with van der Waals surface area (Å²) < 4.78 is 12.3. The molecule has 4 N–H and O–H groups in total. The lowest BCUT2D eigenvalue weighted by Crippen LogP contribution is -2.12. The van der Waals surface area contributed by atoms with Gasteiger partial charge in [-0.25, -0.2) is 4.98 Å². The SMILES string of the molecule is C=C(/C=C(\C(=C/C)c1cccc(S(=O)CC)c1)c1cc(C)cnc1N)C(N)=O. The van der Waals surface area contributed by atoms with Crippen LogP contribution in [0.4, 0.5) is 5.82 Å². The van der Waals surface area contributed by atoms with E-state index in [4.69, 9.17) is 11.5 Å². The van der Waals surface area contributed by atoms with Gasteiger partial charge in [0.15, 0.2) is 0 Å². The van der Waals surface area contributed by atoms with Gasteiger partial charge >= 0.3 is 0 Å². The molecule has 0 aliphatic rings. The third-order valence-electron chi connectivity index (χ3n) is 4.23. The molecule has 1 heterocycles. The van der Waals surface area contributed by atoms with E-state index in [1.807, 2.05) is 57.2 Å². The van der Waals surface area contributed by atoms with Gasteiger partial charge in [-0.2, -0.15) is 0 Å². The molecule has 1 aromatic heterocycles. The fourth-order valence-electron chi connectivity index (χ4n) is 2.79. The topological polar surface area (TPSA) is 99.1 Å². The molecule has 0 saturated carbocycles. The van der Waals surface area contributed by atoms with Gasteiger partial charge in [-0.1, -0.05) is 31.7 Å². The molecule has 1 amide bonds. The lowest BCUT2D eigenvalue weighted by molar-refractivity contribution is -0.114. The molecule has 0 fully saturated rings. The number of hydrogen-bond donors (Lipinski definition) is 2. The molecule has 0 aliphatic carbocycles. The van der Waals surface area contributed by atoms with E-state index in [1.165, 1.54) is 0 Å². The quantitative estimate of drug-likeness (QED) is 0.552. The van der Waals surface area contributed by atoms with Gasteiger partial charge in [0.1, 0.15) is 5.82 Å². The number of aromatic nitrogens is 1. The van der Waals surface area contributed by atoms with Crippen LogP contribution in [-0.2, 0) is 15.6 Å². The number of aryl methyl sites for hydroxylation is 1. The molecule has 0 bridgehead atoms. The van der Waals surface area contributed by atoms with Crippen LogP contribution in [0.2, 0.25) is 0 Å². The molecule has 6 heteroatoms. The van der Waals surface area contributed by atoms with E-state index < -0.39 is 16.7 Å². The Balaban J connectivity index is 2.71. The molecule has 2 aromatic rings. The highest BCUT2D eigenvalue weighted by Crippen LogP contribution is 2.35. The molecule has 28 heavy (non-hydrogen) atoms. The minimum Gasteiger partial charge on any atom is -0.383 e.